The fourth-order valence-corrected chi connectivity index (χ4v) is 4.29. The molecule has 12 heteroatoms. The highest BCUT2D eigenvalue weighted by atomic mass is 79.9. The van der Waals surface area contributed by atoms with Crippen molar-refractivity contribution in [3.05, 3.63) is 68.7 Å². The Labute approximate surface area is 194 Å². The molecule has 0 aromatic heterocycles. The van der Waals surface area contributed by atoms with Gasteiger partial charge in [0.25, 0.3) is 5.69 Å². The number of nitro groups is 1. The van der Waals surface area contributed by atoms with Crippen LogP contribution in [0.15, 0.2) is 53.0 Å². The van der Waals surface area contributed by atoms with E-state index in [0.717, 1.165) is 26.7 Å². The van der Waals surface area contributed by atoms with Crippen molar-refractivity contribution in [3.63, 3.8) is 0 Å². The van der Waals surface area contributed by atoms with Crippen molar-refractivity contribution in [2.75, 3.05) is 24.2 Å². The number of nitro benzene ring substituents is 1. The van der Waals surface area contributed by atoms with Crippen molar-refractivity contribution >= 4 is 49.1 Å². The second kappa shape index (κ2) is 10.6. The first-order chi connectivity index (χ1) is 14.9. The molecule has 2 rings (SSSR count). The number of carbonyl (C=O) groups is 2. The van der Waals surface area contributed by atoms with E-state index >= 15 is 0 Å². The van der Waals surface area contributed by atoms with E-state index in [4.69, 9.17) is 0 Å². The van der Waals surface area contributed by atoms with Crippen molar-refractivity contribution in [3.8, 4) is 0 Å². The molecule has 2 aromatic carbocycles. The largest absolute Gasteiger partial charge is 0.357 e. The van der Waals surface area contributed by atoms with Gasteiger partial charge < -0.3 is 10.2 Å². The van der Waals surface area contributed by atoms with Gasteiger partial charge in [0, 0.05) is 30.2 Å². The van der Waals surface area contributed by atoms with Gasteiger partial charge in [-0.05, 0) is 30.7 Å². The summed E-state index contributed by atoms with van der Waals surface area (Å²) in [5, 5.41) is 13.6. The normalized spacial score (nSPS) is 12.0. The Hall–Kier alpha value is -2.99. The van der Waals surface area contributed by atoms with Crippen LogP contribution in [-0.2, 0) is 26.2 Å². The van der Waals surface area contributed by atoms with Crippen LogP contribution in [0.2, 0.25) is 0 Å². The lowest BCUT2D eigenvalue weighted by Crippen LogP contribution is -2.50. The molecule has 1 unspecified atom stereocenters. The Bertz CT molecular complexity index is 1120. The zero-order valence-corrected chi connectivity index (χ0v) is 20.1. The number of sulfonamides is 1. The lowest BCUT2D eigenvalue weighted by atomic mass is 10.1. The molecule has 10 nitrogen and oxygen atoms in total. The standard InChI is InChI=1S/C20H23BrN4O6S/c1-14(20(27)22-2)23(12-15-6-4-7-16(21)10-15)19(26)13-24(32(3,30)31)17-8-5-9-18(11-17)25(28)29/h4-11,14H,12-13H2,1-3H3,(H,22,27). The maximum Gasteiger partial charge on any atom is 0.271 e. The number of rotatable bonds is 9. The number of likely N-dealkylation sites (N-methyl/N-ethyl adjacent to an activating group) is 1. The Balaban J connectivity index is 2.42. The average Bonchev–Trinajstić information content (AvgIpc) is 2.73. The fourth-order valence-electron chi connectivity index (χ4n) is 3.00. The summed E-state index contributed by atoms with van der Waals surface area (Å²) in [4.78, 5) is 37.2. The highest BCUT2D eigenvalue weighted by molar-refractivity contribution is 9.10. The number of nitrogens with one attached hydrogen (secondary N) is 1. The maximum atomic E-state index is 13.2. The number of benzene rings is 2. The van der Waals surface area contributed by atoms with Gasteiger partial charge in [-0.3, -0.25) is 24.0 Å². The van der Waals surface area contributed by atoms with Gasteiger partial charge in [-0.15, -0.1) is 0 Å². The molecule has 32 heavy (non-hydrogen) atoms. The topological polar surface area (TPSA) is 130 Å². The summed E-state index contributed by atoms with van der Waals surface area (Å²) in [6.45, 7) is 0.960. The molecule has 2 aromatic rings. The van der Waals surface area contributed by atoms with Crippen molar-refractivity contribution in [2.45, 2.75) is 19.5 Å². The first-order valence-electron chi connectivity index (χ1n) is 9.41. The molecule has 0 fully saturated rings. The molecular weight excluding hydrogens is 504 g/mol. The van der Waals surface area contributed by atoms with E-state index in [9.17, 15) is 28.1 Å². The lowest BCUT2D eigenvalue weighted by Gasteiger charge is -2.31. The predicted molar refractivity (Wildman–Crippen MR) is 124 cm³/mol. The minimum atomic E-state index is -3.96. The van der Waals surface area contributed by atoms with Crippen LogP contribution in [0.5, 0.6) is 0 Å². The minimum absolute atomic E-state index is 0.0231. The van der Waals surface area contributed by atoms with E-state index in [2.05, 4.69) is 21.2 Å². The van der Waals surface area contributed by atoms with Gasteiger partial charge >= 0.3 is 0 Å². The van der Waals surface area contributed by atoms with Gasteiger partial charge in [-0.2, -0.15) is 0 Å². The molecule has 0 aliphatic carbocycles. The molecule has 0 saturated carbocycles. The predicted octanol–water partition coefficient (Wildman–Crippen LogP) is 2.29. The van der Waals surface area contributed by atoms with Crippen LogP contribution in [-0.4, -0.2) is 55.9 Å². The molecular formula is C20H23BrN4O6S. The quantitative estimate of drug-likeness (QED) is 0.394. The SMILES string of the molecule is CNC(=O)C(C)N(Cc1cccc(Br)c1)C(=O)CN(c1cccc([N+](=O)[O-])c1)S(C)(=O)=O. The molecule has 0 saturated heterocycles. The molecule has 0 bridgehead atoms. The van der Waals surface area contributed by atoms with E-state index in [-0.39, 0.29) is 17.9 Å². The van der Waals surface area contributed by atoms with Crippen molar-refractivity contribution < 1.29 is 22.9 Å². The highest BCUT2D eigenvalue weighted by Crippen LogP contribution is 2.24. The monoisotopic (exact) mass is 526 g/mol. The van der Waals surface area contributed by atoms with E-state index in [0.29, 0.717) is 0 Å². The van der Waals surface area contributed by atoms with Crippen LogP contribution in [0.4, 0.5) is 11.4 Å². The van der Waals surface area contributed by atoms with Crippen molar-refractivity contribution in [2.24, 2.45) is 0 Å². The van der Waals surface area contributed by atoms with Crippen molar-refractivity contribution in [1.82, 2.24) is 10.2 Å². The van der Waals surface area contributed by atoms with Crippen LogP contribution >= 0.6 is 15.9 Å². The van der Waals surface area contributed by atoms with Crippen molar-refractivity contribution in [1.29, 1.82) is 0 Å². The number of non-ortho nitro benzene ring substituents is 1. The summed E-state index contributed by atoms with van der Waals surface area (Å²) in [7, 11) is -2.53. The summed E-state index contributed by atoms with van der Waals surface area (Å²) < 4.78 is 26.4. The number of halogens is 1. The maximum absolute atomic E-state index is 13.2. The van der Waals surface area contributed by atoms with Crippen LogP contribution in [0, 0.1) is 10.1 Å². The van der Waals surface area contributed by atoms with Gasteiger partial charge in [-0.1, -0.05) is 34.1 Å². The van der Waals surface area contributed by atoms with Gasteiger partial charge in [-0.25, -0.2) is 8.42 Å². The van der Waals surface area contributed by atoms with Gasteiger partial charge in [0.15, 0.2) is 0 Å². The average molecular weight is 527 g/mol. The number of nitrogens with zero attached hydrogens (tertiary/aromatic N) is 3. The second-order valence-corrected chi connectivity index (χ2v) is 9.81. The first kappa shape index (κ1) is 25.3. The second-order valence-electron chi connectivity index (χ2n) is 6.99. The number of carbonyl (C=O) groups excluding carboxylic acids is 2. The summed E-state index contributed by atoms with van der Waals surface area (Å²) in [5.74, 6) is -1.06. The Morgan fingerprint density at radius 3 is 2.41 bits per heavy atom. The summed E-state index contributed by atoms with van der Waals surface area (Å²) in [6.07, 6.45) is 0.903. The fraction of sp³-hybridized carbons (Fsp3) is 0.300. The van der Waals surface area contributed by atoms with E-state index in [1.54, 1.807) is 18.2 Å². The summed E-state index contributed by atoms with van der Waals surface area (Å²) in [6, 6.07) is 11.3. The van der Waals surface area contributed by atoms with Gasteiger partial charge in [0.05, 0.1) is 16.9 Å². The smallest absolute Gasteiger partial charge is 0.271 e. The first-order valence-corrected chi connectivity index (χ1v) is 12.1. The molecule has 0 radical (unpaired) electrons. The zero-order chi connectivity index (χ0) is 24.1. The molecule has 0 spiro atoms. The molecule has 1 atom stereocenters. The number of hydrogen-bond donors (Lipinski definition) is 1. The number of hydrogen-bond acceptors (Lipinski definition) is 6. The number of amides is 2. The summed E-state index contributed by atoms with van der Waals surface area (Å²) in [5.41, 5.74) is 0.392. The van der Waals surface area contributed by atoms with E-state index in [1.165, 1.54) is 37.1 Å². The van der Waals surface area contributed by atoms with Gasteiger partial charge in [0.1, 0.15) is 12.6 Å². The molecule has 172 valence electrons. The van der Waals surface area contributed by atoms with Gasteiger partial charge in [0.2, 0.25) is 21.8 Å². The Morgan fingerprint density at radius 2 is 1.84 bits per heavy atom. The molecule has 0 aliphatic heterocycles. The molecule has 0 aliphatic rings. The van der Waals surface area contributed by atoms with E-state index < -0.39 is 39.3 Å². The minimum Gasteiger partial charge on any atom is -0.357 e. The third kappa shape index (κ3) is 6.50. The molecule has 0 heterocycles. The Kier molecular flexibility index (Phi) is 8.33. The highest BCUT2D eigenvalue weighted by Gasteiger charge is 2.30. The number of anilines is 1. The van der Waals surface area contributed by atoms with Crippen LogP contribution < -0.4 is 9.62 Å². The van der Waals surface area contributed by atoms with Crippen LogP contribution in [0.25, 0.3) is 0 Å². The molecule has 2 amide bonds. The van der Waals surface area contributed by atoms with E-state index in [1.807, 2.05) is 6.07 Å². The van der Waals surface area contributed by atoms with Crippen LogP contribution in [0.3, 0.4) is 0 Å². The van der Waals surface area contributed by atoms with Crippen LogP contribution in [0.1, 0.15) is 12.5 Å². The Morgan fingerprint density at radius 1 is 1.19 bits per heavy atom. The third-order valence-corrected chi connectivity index (χ3v) is 6.30. The lowest BCUT2D eigenvalue weighted by molar-refractivity contribution is -0.384. The zero-order valence-electron chi connectivity index (χ0n) is 17.7. The summed E-state index contributed by atoms with van der Waals surface area (Å²) >= 11 is 3.36. The molecule has 1 N–H and O–H groups in total. The third-order valence-electron chi connectivity index (χ3n) is 4.66.